The summed E-state index contributed by atoms with van der Waals surface area (Å²) >= 11 is 0. The molecular weight excluding hydrogens is 347 g/mol. The zero-order chi connectivity index (χ0) is 18.8. The van der Waals surface area contributed by atoms with Crippen LogP contribution in [-0.4, -0.2) is 46.2 Å². The lowest BCUT2D eigenvalue weighted by Crippen LogP contribution is -2.29. The maximum Gasteiger partial charge on any atom is 0.218 e. The van der Waals surface area contributed by atoms with Crippen LogP contribution in [0.4, 0.5) is 10.2 Å². The van der Waals surface area contributed by atoms with Gasteiger partial charge in [0, 0.05) is 18.2 Å². The standard InChI is InChI=1S/C19H23FN6O/c1-12(21-2)10-27-19-14(8-13(20)9-22-19)16-4-3-7-26(16)17-6-5-15-18(25-17)24-11-23-15/h5-6,8-9,11-12,16,21H,3-4,7,10H2,1-2H3,(H,23,24,25). The predicted molar refractivity (Wildman–Crippen MR) is 101 cm³/mol. The van der Waals surface area contributed by atoms with Crippen molar-refractivity contribution in [1.29, 1.82) is 0 Å². The molecule has 1 aliphatic rings. The van der Waals surface area contributed by atoms with Crippen LogP contribution < -0.4 is 15.0 Å². The molecular formula is C19H23FN6O. The Morgan fingerprint density at radius 1 is 1.41 bits per heavy atom. The van der Waals surface area contributed by atoms with E-state index in [2.05, 4.69) is 30.2 Å². The molecule has 0 spiro atoms. The van der Waals surface area contributed by atoms with Gasteiger partial charge in [0.25, 0.3) is 0 Å². The first-order valence-corrected chi connectivity index (χ1v) is 9.18. The Morgan fingerprint density at radius 2 is 2.30 bits per heavy atom. The van der Waals surface area contributed by atoms with Crippen molar-refractivity contribution >= 4 is 17.0 Å². The lowest BCUT2D eigenvalue weighted by Gasteiger charge is -2.27. The van der Waals surface area contributed by atoms with Crippen molar-refractivity contribution in [1.82, 2.24) is 25.3 Å². The number of nitrogens with zero attached hydrogens (tertiary/aromatic N) is 4. The summed E-state index contributed by atoms with van der Waals surface area (Å²) in [6.07, 6.45) is 4.73. The van der Waals surface area contributed by atoms with E-state index in [1.807, 2.05) is 26.1 Å². The summed E-state index contributed by atoms with van der Waals surface area (Å²) in [5.41, 5.74) is 2.34. The molecule has 1 fully saturated rings. The summed E-state index contributed by atoms with van der Waals surface area (Å²) in [6.45, 7) is 3.34. The zero-order valence-corrected chi connectivity index (χ0v) is 15.4. The molecule has 7 nitrogen and oxygen atoms in total. The molecule has 2 N–H and O–H groups in total. The number of hydrogen-bond donors (Lipinski definition) is 2. The highest BCUT2D eigenvalue weighted by molar-refractivity contribution is 5.72. The monoisotopic (exact) mass is 370 g/mol. The number of pyridine rings is 2. The number of rotatable bonds is 6. The van der Waals surface area contributed by atoms with E-state index < -0.39 is 0 Å². The van der Waals surface area contributed by atoms with Crippen molar-refractivity contribution in [2.45, 2.75) is 31.8 Å². The van der Waals surface area contributed by atoms with Gasteiger partial charge in [0.2, 0.25) is 5.88 Å². The second kappa shape index (κ2) is 7.48. The number of imidazole rings is 1. The SMILES string of the molecule is CNC(C)COc1ncc(F)cc1C1CCCN1c1ccc2nc[nH]c2n1. The summed E-state index contributed by atoms with van der Waals surface area (Å²) in [7, 11) is 1.88. The molecule has 0 amide bonds. The van der Waals surface area contributed by atoms with Crippen LogP contribution in [-0.2, 0) is 0 Å². The van der Waals surface area contributed by atoms with E-state index in [0.29, 0.717) is 12.5 Å². The minimum Gasteiger partial charge on any atom is -0.476 e. The maximum absolute atomic E-state index is 14.0. The first-order valence-electron chi connectivity index (χ1n) is 9.18. The van der Waals surface area contributed by atoms with Crippen molar-refractivity contribution in [3.63, 3.8) is 0 Å². The molecule has 0 radical (unpaired) electrons. The van der Waals surface area contributed by atoms with Crippen LogP contribution in [0.2, 0.25) is 0 Å². The van der Waals surface area contributed by atoms with Crippen LogP contribution in [0.3, 0.4) is 0 Å². The van der Waals surface area contributed by atoms with Crippen molar-refractivity contribution < 1.29 is 9.13 Å². The van der Waals surface area contributed by atoms with Crippen LogP contribution in [0.25, 0.3) is 11.2 Å². The second-order valence-electron chi connectivity index (χ2n) is 6.84. The number of likely N-dealkylation sites (N-methyl/N-ethyl adjacent to an activating group) is 1. The Bertz CT molecular complexity index is 929. The number of fused-ring (bicyclic) bond motifs is 1. The van der Waals surface area contributed by atoms with Gasteiger partial charge in [-0.3, -0.25) is 0 Å². The average molecular weight is 370 g/mol. The van der Waals surface area contributed by atoms with E-state index in [9.17, 15) is 4.39 Å². The lowest BCUT2D eigenvalue weighted by atomic mass is 10.1. The molecule has 1 aliphatic heterocycles. The summed E-state index contributed by atoms with van der Waals surface area (Å²) in [6, 6.07) is 5.58. The molecule has 27 heavy (non-hydrogen) atoms. The summed E-state index contributed by atoms with van der Waals surface area (Å²) in [5, 5.41) is 3.13. The third-order valence-electron chi connectivity index (χ3n) is 4.98. The van der Waals surface area contributed by atoms with Gasteiger partial charge >= 0.3 is 0 Å². The lowest BCUT2D eigenvalue weighted by molar-refractivity contribution is 0.265. The van der Waals surface area contributed by atoms with E-state index in [4.69, 9.17) is 4.74 Å². The molecule has 0 aromatic carbocycles. The number of H-pyrrole nitrogens is 1. The summed E-state index contributed by atoms with van der Waals surface area (Å²) < 4.78 is 19.9. The third-order valence-corrected chi connectivity index (χ3v) is 4.98. The topological polar surface area (TPSA) is 79.0 Å². The number of hydrogen-bond acceptors (Lipinski definition) is 6. The Balaban J connectivity index is 1.65. The highest BCUT2D eigenvalue weighted by atomic mass is 19.1. The molecule has 0 aliphatic carbocycles. The van der Waals surface area contributed by atoms with E-state index >= 15 is 0 Å². The normalized spacial score (nSPS) is 18.2. The highest BCUT2D eigenvalue weighted by Crippen LogP contribution is 2.39. The Labute approximate surface area is 157 Å². The Kier molecular flexibility index (Phi) is 4.89. The third kappa shape index (κ3) is 3.57. The van der Waals surface area contributed by atoms with E-state index in [1.165, 1.54) is 12.3 Å². The second-order valence-corrected chi connectivity index (χ2v) is 6.84. The van der Waals surface area contributed by atoms with Crippen molar-refractivity contribution in [3.8, 4) is 5.88 Å². The minimum atomic E-state index is -0.358. The molecule has 0 bridgehead atoms. The molecule has 142 valence electrons. The zero-order valence-electron chi connectivity index (χ0n) is 15.4. The molecule has 0 saturated carbocycles. The number of anilines is 1. The van der Waals surface area contributed by atoms with Crippen LogP contribution in [0.15, 0.2) is 30.7 Å². The maximum atomic E-state index is 14.0. The summed E-state index contributed by atoms with van der Waals surface area (Å²) in [5.74, 6) is 0.967. The van der Waals surface area contributed by atoms with Gasteiger partial charge in [0.05, 0.1) is 18.6 Å². The molecule has 2 atom stereocenters. The van der Waals surface area contributed by atoms with Gasteiger partial charge in [-0.05, 0) is 45.0 Å². The van der Waals surface area contributed by atoms with Gasteiger partial charge in [-0.1, -0.05) is 0 Å². The van der Waals surface area contributed by atoms with Crippen LogP contribution in [0.1, 0.15) is 31.4 Å². The fourth-order valence-corrected chi connectivity index (χ4v) is 3.43. The fraction of sp³-hybridized carbons (Fsp3) is 0.421. The van der Waals surface area contributed by atoms with Gasteiger partial charge < -0.3 is 19.9 Å². The molecule has 2 unspecified atom stereocenters. The quantitative estimate of drug-likeness (QED) is 0.695. The molecule has 1 saturated heterocycles. The Morgan fingerprint density at radius 3 is 3.15 bits per heavy atom. The van der Waals surface area contributed by atoms with Crippen molar-refractivity contribution in [2.24, 2.45) is 0 Å². The number of aromatic amines is 1. The number of aromatic nitrogens is 4. The first kappa shape index (κ1) is 17.7. The van der Waals surface area contributed by atoms with Crippen LogP contribution >= 0.6 is 0 Å². The molecule has 4 rings (SSSR count). The number of ether oxygens (including phenoxy) is 1. The summed E-state index contributed by atoms with van der Waals surface area (Å²) in [4.78, 5) is 18.3. The predicted octanol–water partition coefficient (Wildman–Crippen LogP) is 2.82. The molecule has 3 aromatic heterocycles. The first-order chi connectivity index (χ1) is 13.2. The van der Waals surface area contributed by atoms with Gasteiger partial charge in [-0.25, -0.2) is 19.3 Å². The molecule has 3 aromatic rings. The molecule has 8 heteroatoms. The fourth-order valence-electron chi connectivity index (χ4n) is 3.43. The van der Waals surface area contributed by atoms with Gasteiger partial charge in [0.15, 0.2) is 5.65 Å². The van der Waals surface area contributed by atoms with E-state index in [1.54, 1.807) is 6.33 Å². The van der Waals surface area contributed by atoms with Crippen molar-refractivity contribution in [2.75, 3.05) is 25.1 Å². The molecule has 4 heterocycles. The van der Waals surface area contributed by atoms with Gasteiger partial charge in [0.1, 0.15) is 23.8 Å². The number of halogens is 1. The largest absolute Gasteiger partial charge is 0.476 e. The van der Waals surface area contributed by atoms with Crippen LogP contribution in [0, 0.1) is 5.82 Å². The van der Waals surface area contributed by atoms with Crippen molar-refractivity contribution in [3.05, 3.63) is 42.1 Å². The Hall–Kier alpha value is -2.74. The van der Waals surface area contributed by atoms with E-state index in [-0.39, 0.29) is 17.9 Å². The highest BCUT2D eigenvalue weighted by Gasteiger charge is 2.31. The smallest absolute Gasteiger partial charge is 0.218 e. The van der Waals surface area contributed by atoms with Gasteiger partial charge in [-0.2, -0.15) is 0 Å². The van der Waals surface area contributed by atoms with Gasteiger partial charge in [-0.15, -0.1) is 0 Å². The average Bonchev–Trinajstić information content (AvgIpc) is 3.35. The van der Waals surface area contributed by atoms with E-state index in [0.717, 1.165) is 41.9 Å². The minimum absolute atomic E-state index is 0.0269. The van der Waals surface area contributed by atoms with Crippen LogP contribution in [0.5, 0.6) is 5.88 Å². The number of nitrogens with one attached hydrogen (secondary N) is 2.